The maximum atomic E-state index is 10.6. The number of nitrogens with one attached hydrogen (secondary N) is 1. The molecule has 5 nitrogen and oxygen atoms in total. The summed E-state index contributed by atoms with van der Waals surface area (Å²) in [6, 6.07) is 5.24. The average Bonchev–Trinajstić information content (AvgIpc) is 3.04. The Morgan fingerprint density at radius 3 is 2.67 bits per heavy atom. The van der Waals surface area contributed by atoms with Crippen LogP contribution in [-0.4, -0.2) is 45.1 Å². The number of nitrogens with zero attached hydrogens (tertiary/aromatic N) is 2. The van der Waals surface area contributed by atoms with Crippen molar-refractivity contribution in [2.45, 2.75) is 25.9 Å². The topological polar surface area (TPSA) is 68.1 Å². The number of aliphatic hydroxyl groups excluding tert-OH is 1. The Hall–Kier alpha value is -1.38. The third kappa shape index (κ3) is 4.73. The minimum Gasteiger partial charge on any atom is -0.506 e. The maximum absolute atomic E-state index is 10.6. The van der Waals surface area contributed by atoms with Crippen LogP contribution < -0.4 is 5.43 Å². The molecule has 1 aromatic heterocycles. The van der Waals surface area contributed by atoms with Crippen molar-refractivity contribution in [2.75, 3.05) is 13.1 Å². The predicted octanol–water partition coefficient (Wildman–Crippen LogP) is 4.48. The highest BCUT2D eigenvalue weighted by molar-refractivity contribution is 7.80. The number of likely N-dealkylation sites (tertiary alicyclic amines) is 1. The zero-order chi connectivity index (χ0) is 19.6. The van der Waals surface area contributed by atoms with Gasteiger partial charge in [-0.25, -0.2) is 0 Å². The van der Waals surface area contributed by atoms with Crippen LogP contribution in [0.1, 0.15) is 25.3 Å². The quantitative estimate of drug-likeness (QED) is 0.370. The predicted molar refractivity (Wildman–Crippen MR) is 116 cm³/mol. The van der Waals surface area contributed by atoms with E-state index in [2.05, 4.69) is 10.5 Å². The zero-order valence-electron chi connectivity index (χ0n) is 14.6. The molecule has 1 saturated heterocycles. The second kappa shape index (κ2) is 8.75. The fraction of sp³-hybridized carbons (Fsp3) is 0.333. The summed E-state index contributed by atoms with van der Waals surface area (Å²) in [7, 11) is 0. The molecule has 3 N–H and O–H groups in total. The molecule has 1 fully saturated rings. The first-order valence-corrected chi connectivity index (χ1v) is 10.4. The number of piperidine rings is 1. The van der Waals surface area contributed by atoms with Gasteiger partial charge in [0.1, 0.15) is 5.75 Å². The van der Waals surface area contributed by atoms with Crippen LogP contribution in [-0.2, 0) is 0 Å². The number of thiophene rings is 1. The molecule has 2 aromatic rings. The lowest BCUT2D eigenvalue weighted by molar-refractivity contribution is 0.109. The van der Waals surface area contributed by atoms with Crippen LogP contribution >= 0.6 is 46.8 Å². The van der Waals surface area contributed by atoms with E-state index in [0.717, 1.165) is 5.56 Å². The van der Waals surface area contributed by atoms with Crippen molar-refractivity contribution in [1.29, 1.82) is 0 Å². The number of aromatic hydroxyl groups is 1. The van der Waals surface area contributed by atoms with Gasteiger partial charge in [0.25, 0.3) is 0 Å². The Balaban J connectivity index is 1.72. The number of hydrogen-bond donors (Lipinski definition) is 3. The average molecular weight is 444 g/mol. The molecule has 1 aliphatic heterocycles. The summed E-state index contributed by atoms with van der Waals surface area (Å²) in [5, 5.41) is 27.8. The highest BCUT2D eigenvalue weighted by Gasteiger charge is 2.19. The summed E-state index contributed by atoms with van der Waals surface area (Å²) in [6.07, 6.45) is 1.14. The van der Waals surface area contributed by atoms with Gasteiger partial charge in [0.05, 0.1) is 32.3 Å². The Kier molecular flexibility index (Phi) is 6.60. The SMILES string of the molecule is CC(=NNC(=S)N1CCC(O)CC1)c1csc(-c2ccc(Cl)c(Cl)c2)c1O. The van der Waals surface area contributed by atoms with Crippen molar-refractivity contribution in [1.82, 2.24) is 10.3 Å². The molecular formula is C18H19Cl2N3O2S2. The summed E-state index contributed by atoms with van der Waals surface area (Å²) < 4.78 is 0. The number of hydrogen-bond acceptors (Lipinski definition) is 5. The summed E-state index contributed by atoms with van der Waals surface area (Å²) in [4.78, 5) is 2.68. The minimum atomic E-state index is -0.253. The Bertz CT molecular complexity index is 877. The van der Waals surface area contributed by atoms with Crippen molar-refractivity contribution in [2.24, 2.45) is 5.10 Å². The summed E-state index contributed by atoms with van der Waals surface area (Å²) in [5.41, 5.74) is 4.92. The van der Waals surface area contributed by atoms with Crippen molar-refractivity contribution in [3.63, 3.8) is 0 Å². The van der Waals surface area contributed by atoms with E-state index in [1.165, 1.54) is 11.3 Å². The molecule has 144 valence electrons. The van der Waals surface area contributed by atoms with Crippen LogP contribution in [0.4, 0.5) is 0 Å². The summed E-state index contributed by atoms with van der Waals surface area (Å²) in [5.74, 6) is 0.147. The molecule has 9 heteroatoms. The molecule has 27 heavy (non-hydrogen) atoms. The van der Waals surface area contributed by atoms with Crippen molar-refractivity contribution in [3.05, 3.63) is 39.2 Å². The van der Waals surface area contributed by atoms with Crippen LogP contribution in [0, 0.1) is 0 Å². The molecule has 0 amide bonds. The van der Waals surface area contributed by atoms with Gasteiger partial charge in [0.2, 0.25) is 0 Å². The molecule has 2 heterocycles. The highest BCUT2D eigenvalue weighted by Crippen LogP contribution is 2.40. The number of rotatable bonds is 3. The molecule has 3 rings (SSSR count). The molecule has 0 unspecified atom stereocenters. The molecular weight excluding hydrogens is 425 g/mol. The van der Waals surface area contributed by atoms with Crippen molar-refractivity contribution in [3.8, 4) is 16.2 Å². The first-order chi connectivity index (χ1) is 12.9. The number of halogens is 2. The molecule has 1 aromatic carbocycles. The largest absolute Gasteiger partial charge is 0.506 e. The zero-order valence-corrected chi connectivity index (χ0v) is 17.7. The molecule has 0 saturated carbocycles. The lowest BCUT2D eigenvalue weighted by Gasteiger charge is -2.30. The van der Waals surface area contributed by atoms with Crippen LogP contribution in [0.3, 0.4) is 0 Å². The molecule has 0 aliphatic carbocycles. The third-order valence-corrected chi connectivity index (χ3v) is 6.51. The van der Waals surface area contributed by atoms with Gasteiger partial charge in [0, 0.05) is 18.5 Å². The van der Waals surface area contributed by atoms with E-state index in [1.54, 1.807) is 19.1 Å². The molecule has 0 radical (unpaired) electrons. The first-order valence-electron chi connectivity index (χ1n) is 8.40. The second-order valence-electron chi connectivity index (χ2n) is 6.29. The molecule has 1 aliphatic rings. The van der Waals surface area contributed by atoms with Gasteiger partial charge in [0.15, 0.2) is 5.11 Å². The number of aliphatic hydroxyl groups is 1. The van der Waals surface area contributed by atoms with Crippen LogP contribution in [0.5, 0.6) is 5.75 Å². The Morgan fingerprint density at radius 1 is 1.30 bits per heavy atom. The van der Waals surface area contributed by atoms with Crippen molar-refractivity contribution >= 4 is 57.6 Å². The fourth-order valence-electron chi connectivity index (χ4n) is 2.78. The first kappa shape index (κ1) is 20.4. The number of hydrazone groups is 1. The lowest BCUT2D eigenvalue weighted by atomic mass is 10.1. The molecule has 0 atom stereocenters. The van der Waals surface area contributed by atoms with Gasteiger partial charge in [-0.3, -0.25) is 5.43 Å². The molecule has 0 spiro atoms. The maximum Gasteiger partial charge on any atom is 0.189 e. The van der Waals surface area contributed by atoms with Gasteiger partial charge in [-0.05, 0) is 49.7 Å². The highest BCUT2D eigenvalue weighted by atomic mass is 35.5. The van der Waals surface area contributed by atoms with Crippen LogP contribution in [0.15, 0.2) is 28.7 Å². The van der Waals surface area contributed by atoms with Crippen LogP contribution in [0.2, 0.25) is 10.0 Å². The van der Waals surface area contributed by atoms with E-state index < -0.39 is 0 Å². The summed E-state index contributed by atoms with van der Waals surface area (Å²) >= 11 is 18.8. The Labute approximate surface area is 177 Å². The van der Waals surface area contributed by atoms with Gasteiger partial charge in [-0.1, -0.05) is 29.3 Å². The number of thiocarbonyl (C=S) groups is 1. The van der Waals surface area contributed by atoms with E-state index in [4.69, 9.17) is 35.4 Å². The third-order valence-electron chi connectivity index (χ3n) is 4.41. The Morgan fingerprint density at radius 2 is 2.00 bits per heavy atom. The minimum absolute atomic E-state index is 0.147. The van der Waals surface area contributed by atoms with Gasteiger partial charge < -0.3 is 15.1 Å². The smallest absolute Gasteiger partial charge is 0.189 e. The van der Waals surface area contributed by atoms with E-state index in [1.807, 2.05) is 16.3 Å². The summed E-state index contributed by atoms with van der Waals surface area (Å²) in [6.45, 7) is 3.20. The van der Waals surface area contributed by atoms with Crippen molar-refractivity contribution < 1.29 is 10.2 Å². The van der Waals surface area contributed by atoms with Gasteiger partial charge in [-0.15, -0.1) is 11.3 Å². The van der Waals surface area contributed by atoms with E-state index in [0.29, 0.717) is 57.2 Å². The second-order valence-corrected chi connectivity index (χ2v) is 8.37. The lowest BCUT2D eigenvalue weighted by Crippen LogP contribution is -2.44. The monoisotopic (exact) mass is 443 g/mol. The molecule has 0 bridgehead atoms. The number of benzene rings is 1. The standard InChI is InChI=1S/C18H19Cl2N3O2S2/c1-10(21-22-18(26)23-6-4-12(24)5-7-23)13-9-27-17(16(13)25)11-2-3-14(19)15(20)8-11/h2-3,8-9,12,24-25H,4-7H2,1H3,(H,22,26). The van der Waals surface area contributed by atoms with Crippen LogP contribution in [0.25, 0.3) is 10.4 Å². The normalized spacial score (nSPS) is 15.9. The van der Waals surface area contributed by atoms with E-state index in [9.17, 15) is 10.2 Å². The van der Waals surface area contributed by atoms with Gasteiger partial charge in [-0.2, -0.15) is 5.10 Å². The van der Waals surface area contributed by atoms with Gasteiger partial charge >= 0.3 is 0 Å². The fourth-order valence-corrected chi connectivity index (χ4v) is 4.31. The van der Waals surface area contributed by atoms with E-state index >= 15 is 0 Å². The van der Waals surface area contributed by atoms with E-state index in [-0.39, 0.29) is 11.9 Å².